The van der Waals surface area contributed by atoms with Crippen molar-refractivity contribution < 1.29 is 8.77 Å². The van der Waals surface area contributed by atoms with Crippen LogP contribution in [0.1, 0.15) is 16.1 Å². The van der Waals surface area contributed by atoms with E-state index in [0.717, 1.165) is 5.56 Å². The summed E-state index contributed by atoms with van der Waals surface area (Å²) < 4.78 is 3.45. The Kier molecular flexibility index (Phi) is 2.88. The highest BCUT2D eigenvalue weighted by Crippen LogP contribution is 1.99. The summed E-state index contributed by atoms with van der Waals surface area (Å²) in [6, 6.07) is 3.59. The van der Waals surface area contributed by atoms with Gasteiger partial charge in [0.25, 0.3) is 11.6 Å². The molecule has 0 aliphatic rings. The van der Waals surface area contributed by atoms with Crippen molar-refractivity contribution in [3.63, 3.8) is 0 Å². The first-order valence-electron chi connectivity index (χ1n) is 3.28. The number of aromatic nitrogens is 1. The van der Waals surface area contributed by atoms with Crippen LogP contribution in [0.5, 0.6) is 0 Å². The highest BCUT2D eigenvalue weighted by atomic mass is 32.1. The summed E-state index contributed by atoms with van der Waals surface area (Å²) >= 11 is 9.31. The number of pyridine rings is 1. The summed E-state index contributed by atoms with van der Waals surface area (Å²) in [5.74, 6) is -0.335. The van der Waals surface area contributed by atoms with Crippen molar-refractivity contribution in [1.82, 2.24) is 4.72 Å². The van der Waals surface area contributed by atoms with Gasteiger partial charge in [0.05, 0.1) is 0 Å². The molecule has 64 valence electrons. The Morgan fingerprint density at radius 3 is 2.83 bits per heavy atom. The number of hydrogen-bond acceptors (Lipinski definition) is 3. The zero-order valence-electron chi connectivity index (χ0n) is 6.40. The molecule has 0 atom stereocenters. The van der Waals surface area contributed by atoms with Crippen LogP contribution in [0, 0.1) is 6.92 Å². The van der Waals surface area contributed by atoms with E-state index in [9.17, 15) is 4.79 Å². The maximum absolute atomic E-state index is 11.2. The lowest BCUT2D eigenvalue weighted by Gasteiger charge is -2.10. The Labute approximate surface area is 81.9 Å². The lowest BCUT2D eigenvalue weighted by atomic mass is 10.2. The molecule has 0 unspecified atom stereocenters. The van der Waals surface area contributed by atoms with Gasteiger partial charge in [0.15, 0.2) is 6.20 Å². The molecule has 5 heteroatoms. The van der Waals surface area contributed by atoms with Gasteiger partial charge in [0.1, 0.15) is 0 Å². The van der Waals surface area contributed by atoms with Crippen molar-refractivity contribution in [3.8, 4) is 0 Å². The Balaban J connectivity index is 3.21. The molecule has 1 aromatic heterocycles. The highest BCUT2D eigenvalue weighted by molar-refractivity contribution is 7.57. The molecule has 12 heavy (non-hydrogen) atoms. The first-order chi connectivity index (χ1) is 5.66. The summed E-state index contributed by atoms with van der Waals surface area (Å²) in [4.78, 5) is 11.2. The molecule has 0 bridgehead atoms. The summed E-state index contributed by atoms with van der Waals surface area (Å²) in [6.45, 7) is 1.81. The Bertz CT molecular complexity index is 294. The van der Waals surface area contributed by atoms with E-state index in [4.69, 9.17) is 12.8 Å². The van der Waals surface area contributed by atoms with Crippen LogP contribution in [-0.2, 0) is 25.6 Å². The minimum atomic E-state index is -0.335. The number of carbonyl (C=O) groups is 1. The normalized spacial score (nSPS) is 9.50. The molecular formula is C7H7N2OS2-. The molecule has 0 radical (unpaired) electrons. The Morgan fingerprint density at radius 2 is 2.33 bits per heavy atom. The maximum atomic E-state index is 11.2. The predicted molar refractivity (Wildman–Crippen MR) is 49.0 cm³/mol. The predicted octanol–water partition coefficient (Wildman–Crippen LogP) is -0.216. The average Bonchev–Trinajstić information content (AvgIpc) is 2.03. The van der Waals surface area contributed by atoms with Crippen molar-refractivity contribution >= 4 is 31.5 Å². The third-order valence-electron chi connectivity index (χ3n) is 1.47. The van der Waals surface area contributed by atoms with Crippen LogP contribution in [0.25, 0.3) is 0 Å². The molecule has 1 N–H and O–H groups in total. The third-order valence-corrected chi connectivity index (χ3v) is 1.96. The number of nitrogens with one attached hydrogen (secondary N) is 1. The number of aryl methyl sites for hydroxylation is 1. The van der Waals surface area contributed by atoms with Gasteiger partial charge in [0.2, 0.25) is 0 Å². The largest absolute Gasteiger partial charge is 0.667 e. The molecule has 1 heterocycles. The van der Waals surface area contributed by atoms with Crippen molar-refractivity contribution in [3.05, 3.63) is 29.6 Å². The van der Waals surface area contributed by atoms with Gasteiger partial charge in [-0.05, 0) is 13.0 Å². The second-order valence-corrected chi connectivity index (χ2v) is 2.89. The smallest absolute Gasteiger partial charge is 0.293 e. The SMILES string of the molecule is Cc1ccc[n+]([S-])c1C(=O)N[S-]. The molecule has 1 rings (SSSR count). The molecule has 0 aliphatic carbocycles. The molecule has 0 spiro atoms. The van der Waals surface area contributed by atoms with Crippen molar-refractivity contribution in [2.24, 2.45) is 0 Å². The summed E-state index contributed by atoms with van der Waals surface area (Å²) in [5, 5.41) is 0. The zero-order chi connectivity index (χ0) is 9.14. The van der Waals surface area contributed by atoms with Gasteiger partial charge in [0, 0.05) is 11.6 Å². The van der Waals surface area contributed by atoms with Gasteiger partial charge in [-0.25, -0.2) is 0 Å². The standard InChI is InChI=1S/C7H7N2OS2/c1-5-3-2-4-9(12)6(5)7(10)8-11/h2-4H,1H3,(H-,8,10,11)/q-1. The molecule has 1 aromatic rings. The van der Waals surface area contributed by atoms with E-state index in [1.54, 1.807) is 12.3 Å². The van der Waals surface area contributed by atoms with Gasteiger partial charge < -0.3 is 30.4 Å². The first kappa shape index (κ1) is 9.28. The first-order valence-corrected chi connectivity index (χ1v) is 4.05. The van der Waals surface area contributed by atoms with E-state index in [1.807, 2.05) is 13.0 Å². The number of rotatable bonds is 1. The Hall–Kier alpha value is -0.810. The van der Waals surface area contributed by atoms with Gasteiger partial charge >= 0.3 is 0 Å². The van der Waals surface area contributed by atoms with Crippen LogP contribution in [-0.4, -0.2) is 5.91 Å². The van der Waals surface area contributed by atoms with Crippen LogP contribution >= 0.6 is 0 Å². The topological polar surface area (TPSA) is 33.0 Å². The van der Waals surface area contributed by atoms with Gasteiger partial charge in [-0.1, -0.05) is 0 Å². The van der Waals surface area contributed by atoms with Gasteiger partial charge in [-0.2, -0.15) is 0 Å². The van der Waals surface area contributed by atoms with Crippen molar-refractivity contribution in [2.75, 3.05) is 0 Å². The van der Waals surface area contributed by atoms with Crippen LogP contribution in [0.15, 0.2) is 18.3 Å². The van der Waals surface area contributed by atoms with E-state index in [2.05, 4.69) is 17.5 Å². The third kappa shape index (κ3) is 1.67. The van der Waals surface area contributed by atoms with Crippen molar-refractivity contribution in [2.45, 2.75) is 6.92 Å². The summed E-state index contributed by atoms with van der Waals surface area (Å²) in [5.41, 5.74) is 1.23. The summed E-state index contributed by atoms with van der Waals surface area (Å²) in [7, 11) is 0. The number of hydrogen-bond donors (Lipinski definition) is 1. The molecule has 3 nitrogen and oxygen atoms in total. The molecule has 1 amide bonds. The van der Waals surface area contributed by atoms with E-state index in [-0.39, 0.29) is 5.91 Å². The number of amides is 1. The van der Waals surface area contributed by atoms with Crippen LogP contribution in [0.2, 0.25) is 0 Å². The minimum Gasteiger partial charge on any atom is -0.667 e. The molecular weight excluding hydrogens is 192 g/mol. The molecule has 0 aromatic carbocycles. The van der Waals surface area contributed by atoms with Crippen LogP contribution in [0.3, 0.4) is 0 Å². The molecule has 0 saturated heterocycles. The van der Waals surface area contributed by atoms with E-state index in [0.29, 0.717) is 5.69 Å². The van der Waals surface area contributed by atoms with Crippen molar-refractivity contribution in [1.29, 1.82) is 0 Å². The lowest BCUT2D eigenvalue weighted by Crippen LogP contribution is -2.38. The number of carbonyl (C=O) groups excluding carboxylic acids is 1. The van der Waals surface area contributed by atoms with Crippen LogP contribution in [0.4, 0.5) is 0 Å². The van der Waals surface area contributed by atoms with Gasteiger partial charge in [-0.15, -0.1) is 0 Å². The van der Waals surface area contributed by atoms with E-state index in [1.165, 1.54) is 3.97 Å². The fourth-order valence-corrected chi connectivity index (χ4v) is 1.31. The second kappa shape index (κ2) is 3.73. The maximum Gasteiger partial charge on any atom is 0.293 e. The van der Waals surface area contributed by atoms with E-state index >= 15 is 0 Å². The fraction of sp³-hybridized carbons (Fsp3) is 0.143. The number of nitrogens with zero attached hydrogens (tertiary/aromatic N) is 1. The van der Waals surface area contributed by atoms with E-state index < -0.39 is 0 Å². The van der Waals surface area contributed by atoms with Crippen LogP contribution < -0.4 is 8.69 Å². The molecule has 0 fully saturated rings. The average molecular weight is 199 g/mol. The lowest BCUT2D eigenvalue weighted by molar-refractivity contribution is -0.496. The van der Waals surface area contributed by atoms with Gasteiger partial charge in [-0.3, -0.25) is 8.77 Å². The zero-order valence-corrected chi connectivity index (χ0v) is 8.04. The molecule has 0 aliphatic heterocycles. The summed E-state index contributed by atoms with van der Waals surface area (Å²) in [6.07, 6.45) is 1.63. The quantitative estimate of drug-likeness (QED) is 0.501. The Morgan fingerprint density at radius 1 is 1.67 bits per heavy atom. The minimum absolute atomic E-state index is 0.335. The second-order valence-electron chi connectivity index (χ2n) is 2.30. The molecule has 0 saturated carbocycles. The highest BCUT2D eigenvalue weighted by Gasteiger charge is 2.12. The monoisotopic (exact) mass is 199 g/mol. The fourth-order valence-electron chi connectivity index (χ4n) is 0.920.